The molecule has 0 aliphatic heterocycles. The summed E-state index contributed by atoms with van der Waals surface area (Å²) in [6.45, 7) is 1.77. The summed E-state index contributed by atoms with van der Waals surface area (Å²) >= 11 is 1.38. The Hall–Kier alpha value is -2.22. The summed E-state index contributed by atoms with van der Waals surface area (Å²) in [6.07, 6.45) is 4.05. The second kappa shape index (κ2) is 6.59. The first-order chi connectivity index (χ1) is 12.2. The summed E-state index contributed by atoms with van der Waals surface area (Å²) in [7, 11) is 0. The van der Waals surface area contributed by atoms with Crippen LogP contribution in [0.5, 0.6) is 0 Å². The SMILES string of the molecule is C=CCn1c(SCc2nc3ccccc3n2C(F)F)nnc1C1CC1. The van der Waals surface area contributed by atoms with Gasteiger partial charge in [0.1, 0.15) is 11.6 Å². The molecule has 0 spiro atoms. The Balaban J connectivity index is 1.62. The lowest BCUT2D eigenvalue weighted by Crippen LogP contribution is -2.05. The predicted octanol–water partition coefficient (Wildman–Crippen LogP) is 4.38. The van der Waals surface area contributed by atoms with Crippen molar-refractivity contribution in [1.29, 1.82) is 0 Å². The summed E-state index contributed by atoms with van der Waals surface area (Å²) < 4.78 is 30.0. The lowest BCUT2D eigenvalue weighted by Gasteiger charge is -2.09. The molecule has 1 aromatic carbocycles. The van der Waals surface area contributed by atoms with Crippen LogP contribution in [-0.4, -0.2) is 24.3 Å². The smallest absolute Gasteiger partial charge is 0.302 e. The minimum Gasteiger partial charge on any atom is -0.302 e. The van der Waals surface area contributed by atoms with Gasteiger partial charge in [0.15, 0.2) is 5.16 Å². The van der Waals surface area contributed by atoms with Crippen molar-refractivity contribution in [2.75, 3.05) is 0 Å². The van der Waals surface area contributed by atoms with E-state index in [1.165, 1.54) is 11.8 Å². The molecule has 0 saturated heterocycles. The number of halogens is 2. The second-order valence-electron chi connectivity index (χ2n) is 5.97. The lowest BCUT2D eigenvalue weighted by atomic mass is 10.3. The molecule has 1 fully saturated rings. The van der Waals surface area contributed by atoms with E-state index in [0.717, 1.165) is 28.4 Å². The molecule has 1 aliphatic rings. The fourth-order valence-corrected chi connectivity index (χ4v) is 3.78. The van der Waals surface area contributed by atoms with Crippen LogP contribution in [0.4, 0.5) is 8.78 Å². The van der Waals surface area contributed by atoms with Crippen molar-refractivity contribution in [3.63, 3.8) is 0 Å². The van der Waals surface area contributed by atoms with Gasteiger partial charge in [-0.3, -0.25) is 4.57 Å². The molecule has 130 valence electrons. The van der Waals surface area contributed by atoms with Crippen molar-refractivity contribution in [2.24, 2.45) is 0 Å². The summed E-state index contributed by atoms with van der Waals surface area (Å²) in [5.74, 6) is 2.07. The molecule has 0 radical (unpaired) electrons. The van der Waals surface area contributed by atoms with E-state index >= 15 is 0 Å². The molecule has 1 aliphatic carbocycles. The van der Waals surface area contributed by atoms with Crippen LogP contribution in [0.3, 0.4) is 0 Å². The number of thioether (sulfide) groups is 1. The van der Waals surface area contributed by atoms with Gasteiger partial charge in [-0.15, -0.1) is 16.8 Å². The summed E-state index contributed by atoms with van der Waals surface area (Å²) in [5, 5.41) is 9.24. The van der Waals surface area contributed by atoms with Gasteiger partial charge in [-0.1, -0.05) is 30.0 Å². The van der Waals surface area contributed by atoms with Crippen LogP contribution in [0.1, 0.15) is 37.0 Å². The number of allylic oxidation sites excluding steroid dienone is 1. The molecule has 3 aromatic rings. The van der Waals surface area contributed by atoms with Gasteiger partial charge < -0.3 is 4.57 Å². The Kier molecular flexibility index (Phi) is 4.29. The number of imidazole rings is 1. The summed E-state index contributed by atoms with van der Waals surface area (Å²) in [6, 6.07) is 6.94. The first-order valence-electron chi connectivity index (χ1n) is 8.10. The van der Waals surface area contributed by atoms with Gasteiger partial charge in [0.25, 0.3) is 0 Å². The first kappa shape index (κ1) is 16.3. The van der Waals surface area contributed by atoms with Crippen LogP contribution in [0, 0.1) is 0 Å². The quantitative estimate of drug-likeness (QED) is 0.463. The summed E-state index contributed by atoms with van der Waals surface area (Å²) in [4.78, 5) is 4.36. The van der Waals surface area contributed by atoms with Crippen LogP contribution in [-0.2, 0) is 12.3 Å². The molecule has 2 aromatic heterocycles. The number of nitrogens with zero attached hydrogens (tertiary/aromatic N) is 5. The number of alkyl halides is 2. The zero-order valence-electron chi connectivity index (χ0n) is 13.5. The van der Waals surface area contributed by atoms with Crippen molar-refractivity contribution in [1.82, 2.24) is 24.3 Å². The largest absolute Gasteiger partial charge is 0.320 e. The number of fused-ring (bicyclic) bond motifs is 1. The van der Waals surface area contributed by atoms with Gasteiger partial charge in [-0.25, -0.2) is 4.98 Å². The van der Waals surface area contributed by atoms with E-state index < -0.39 is 6.55 Å². The van der Waals surface area contributed by atoms with E-state index in [9.17, 15) is 8.78 Å². The number of hydrogen-bond donors (Lipinski definition) is 0. The predicted molar refractivity (Wildman–Crippen MR) is 92.7 cm³/mol. The molecule has 8 heteroatoms. The molecule has 0 bridgehead atoms. The molecule has 5 nitrogen and oxygen atoms in total. The zero-order chi connectivity index (χ0) is 17.4. The van der Waals surface area contributed by atoms with Crippen molar-refractivity contribution >= 4 is 22.8 Å². The van der Waals surface area contributed by atoms with Gasteiger partial charge in [-0.2, -0.15) is 8.78 Å². The number of rotatable bonds is 7. The maximum absolute atomic E-state index is 13.5. The molecular formula is C17H17F2N5S. The van der Waals surface area contributed by atoms with E-state index in [4.69, 9.17) is 0 Å². The highest BCUT2D eigenvalue weighted by Gasteiger charge is 2.30. The zero-order valence-corrected chi connectivity index (χ0v) is 14.3. The Bertz CT molecular complexity index is 913. The van der Waals surface area contributed by atoms with E-state index in [-0.39, 0.29) is 0 Å². The highest BCUT2D eigenvalue weighted by molar-refractivity contribution is 7.98. The number of hydrogen-bond acceptors (Lipinski definition) is 4. The normalized spacial score (nSPS) is 14.5. The lowest BCUT2D eigenvalue weighted by molar-refractivity contribution is 0.0722. The fraction of sp³-hybridized carbons (Fsp3) is 0.353. The maximum Gasteiger partial charge on any atom is 0.320 e. The molecule has 0 unspecified atom stereocenters. The topological polar surface area (TPSA) is 48.5 Å². The van der Waals surface area contributed by atoms with Crippen molar-refractivity contribution < 1.29 is 8.78 Å². The average Bonchev–Trinajstić information content (AvgIpc) is 3.25. The molecule has 4 rings (SSSR count). The number of benzene rings is 1. The Labute approximate surface area is 147 Å². The molecule has 0 N–H and O–H groups in total. The van der Waals surface area contributed by atoms with Crippen LogP contribution >= 0.6 is 11.8 Å². The highest BCUT2D eigenvalue weighted by Crippen LogP contribution is 2.40. The fourth-order valence-electron chi connectivity index (χ4n) is 2.89. The van der Waals surface area contributed by atoms with Crippen LogP contribution in [0.15, 0.2) is 42.1 Å². The van der Waals surface area contributed by atoms with Gasteiger partial charge >= 0.3 is 6.55 Å². The van der Waals surface area contributed by atoms with Crippen molar-refractivity contribution in [3.8, 4) is 0 Å². The average molecular weight is 361 g/mol. The van der Waals surface area contributed by atoms with Gasteiger partial charge in [0, 0.05) is 12.5 Å². The van der Waals surface area contributed by atoms with E-state index in [2.05, 4.69) is 21.8 Å². The van der Waals surface area contributed by atoms with E-state index in [1.807, 2.05) is 4.57 Å². The third kappa shape index (κ3) is 3.06. The molecule has 0 amide bonds. The minimum absolute atomic E-state index is 0.305. The maximum atomic E-state index is 13.5. The molecule has 25 heavy (non-hydrogen) atoms. The minimum atomic E-state index is -2.63. The van der Waals surface area contributed by atoms with Crippen molar-refractivity contribution in [3.05, 3.63) is 48.6 Å². The highest BCUT2D eigenvalue weighted by atomic mass is 32.2. The monoisotopic (exact) mass is 361 g/mol. The van der Waals surface area contributed by atoms with Crippen LogP contribution in [0.25, 0.3) is 11.0 Å². The number of para-hydroxylation sites is 2. The Morgan fingerprint density at radius 2 is 2.08 bits per heavy atom. The standard InChI is InChI=1S/C17H17F2N5S/c1-2-9-23-15(11-7-8-11)21-22-17(23)25-10-14-20-12-5-3-4-6-13(12)24(14)16(18)19/h2-6,11,16H,1,7-10H2. The van der Waals surface area contributed by atoms with Crippen molar-refractivity contribution in [2.45, 2.75) is 42.8 Å². The Morgan fingerprint density at radius 3 is 2.80 bits per heavy atom. The van der Waals surface area contributed by atoms with Gasteiger partial charge in [-0.05, 0) is 25.0 Å². The summed E-state index contributed by atoms with van der Waals surface area (Å²) in [5.41, 5.74) is 1.02. The second-order valence-corrected chi connectivity index (χ2v) is 6.91. The van der Waals surface area contributed by atoms with Gasteiger partial charge in [0.2, 0.25) is 0 Å². The third-order valence-electron chi connectivity index (χ3n) is 4.19. The molecule has 2 heterocycles. The van der Waals surface area contributed by atoms with E-state index in [0.29, 0.717) is 35.1 Å². The van der Waals surface area contributed by atoms with Gasteiger partial charge in [0.05, 0.1) is 16.8 Å². The van der Waals surface area contributed by atoms with E-state index in [1.54, 1.807) is 30.3 Å². The number of aromatic nitrogens is 5. The third-order valence-corrected chi connectivity index (χ3v) is 5.16. The Morgan fingerprint density at radius 1 is 1.28 bits per heavy atom. The first-order valence-corrected chi connectivity index (χ1v) is 9.08. The van der Waals surface area contributed by atoms with Crippen LogP contribution in [0.2, 0.25) is 0 Å². The molecular weight excluding hydrogens is 344 g/mol. The molecule has 1 saturated carbocycles. The van der Waals surface area contributed by atoms with Crippen LogP contribution < -0.4 is 0 Å². The molecule has 0 atom stereocenters.